The molecule has 2 nitrogen and oxygen atoms in total. The van der Waals surface area contributed by atoms with Gasteiger partial charge in [-0.25, -0.2) is 0 Å². The molecule has 0 saturated heterocycles. The lowest BCUT2D eigenvalue weighted by atomic mass is 10.1. The fourth-order valence-corrected chi connectivity index (χ4v) is 2.95. The van der Waals surface area contributed by atoms with Crippen LogP contribution in [0.15, 0.2) is 23.1 Å². The van der Waals surface area contributed by atoms with Crippen LogP contribution < -0.4 is 11.1 Å². The Morgan fingerprint density at radius 3 is 2.61 bits per heavy atom. The van der Waals surface area contributed by atoms with Crippen LogP contribution in [0, 0.1) is 5.92 Å². The van der Waals surface area contributed by atoms with Crippen LogP contribution in [0.2, 0.25) is 0 Å². The van der Waals surface area contributed by atoms with Crippen molar-refractivity contribution in [2.45, 2.75) is 51.5 Å². The monoisotopic (exact) mass is 266 g/mol. The first-order valence-corrected chi connectivity index (χ1v) is 7.80. The third kappa shape index (κ3) is 5.21. The van der Waals surface area contributed by atoms with Gasteiger partial charge in [-0.05, 0) is 49.6 Å². The summed E-state index contributed by atoms with van der Waals surface area (Å²) in [6.07, 6.45) is 2.36. The summed E-state index contributed by atoms with van der Waals surface area (Å²) < 4.78 is 0. The number of hydrogen-bond donors (Lipinski definition) is 2. The Morgan fingerprint density at radius 2 is 2.00 bits per heavy atom. The Hall–Kier alpha value is -0.830. The lowest BCUT2D eigenvalue weighted by molar-refractivity contribution is 0.539. The molecule has 1 aromatic rings. The Labute approximate surface area is 116 Å². The number of nitrogen functional groups attached to an aromatic ring is 1. The quantitative estimate of drug-likeness (QED) is 0.559. The second kappa shape index (κ2) is 7.57. The third-order valence-electron chi connectivity index (χ3n) is 2.69. The van der Waals surface area contributed by atoms with Gasteiger partial charge >= 0.3 is 0 Å². The van der Waals surface area contributed by atoms with Crippen LogP contribution in [0.3, 0.4) is 0 Å². The highest BCUT2D eigenvalue weighted by Crippen LogP contribution is 2.30. The molecule has 0 amide bonds. The van der Waals surface area contributed by atoms with Crippen LogP contribution in [-0.2, 0) is 0 Å². The molecule has 0 radical (unpaired) electrons. The zero-order valence-electron chi connectivity index (χ0n) is 12.0. The first-order valence-electron chi connectivity index (χ1n) is 6.81. The number of anilines is 2. The van der Waals surface area contributed by atoms with Gasteiger partial charge in [0, 0.05) is 22.3 Å². The van der Waals surface area contributed by atoms with Gasteiger partial charge in [0.05, 0.1) is 0 Å². The number of benzene rings is 1. The molecular formula is C15H26N2S. The summed E-state index contributed by atoms with van der Waals surface area (Å²) in [6.45, 7) is 8.96. The van der Waals surface area contributed by atoms with Crippen LogP contribution in [0.4, 0.5) is 11.4 Å². The first-order chi connectivity index (χ1) is 8.52. The minimum Gasteiger partial charge on any atom is -0.399 e. The van der Waals surface area contributed by atoms with Crippen LogP contribution in [0.5, 0.6) is 0 Å². The summed E-state index contributed by atoms with van der Waals surface area (Å²) in [5.41, 5.74) is 7.93. The van der Waals surface area contributed by atoms with Gasteiger partial charge in [0.2, 0.25) is 0 Å². The molecule has 3 heteroatoms. The van der Waals surface area contributed by atoms with E-state index in [1.165, 1.54) is 23.4 Å². The minimum atomic E-state index is 0.495. The van der Waals surface area contributed by atoms with Crippen LogP contribution in [0.1, 0.15) is 40.5 Å². The molecule has 0 heterocycles. The average molecular weight is 266 g/mol. The lowest BCUT2D eigenvalue weighted by Gasteiger charge is -2.19. The molecule has 1 aromatic carbocycles. The van der Waals surface area contributed by atoms with Crippen LogP contribution in [-0.4, -0.2) is 11.8 Å². The van der Waals surface area contributed by atoms with E-state index in [1.54, 1.807) is 0 Å². The molecule has 0 aromatic heterocycles. The van der Waals surface area contributed by atoms with E-state index < -0.39 is 0 Å². The summed E-state index contributed by atoms with van der Waals surface area (Å²) >= 11 is 1.88. The second-order valence-corrected chi connectivity index (χ2v) is 6.42. The number of nitrogens with one attached hydrogen (secondary N) is 1. The summed E-state index contributed by atoms with van der Waals surface area (Å²) in [5.74, 6) is 1.85. The molecule has 0 aliphatic heterocycles. The lowest BCUT2D eigenvalue weighted by Crippen LogP contribution is -2.17. The van der Waals surface area contributed by atoms with Gasteiger partial charge < -0.3 is 11.1 Å². The van der Waals surface area contributed by atoms with E-state index in [1.807, 2.05) is 17.8 Å². The third-order valence-corrected chi connectivity index (χ3v) is 3.96. The molecule has 102 valence electrons. The van der Waals surface area contributed by atoms with E-state index in [-0.39, 0.29) is 0 Å². The molecule has 0 aliphatic rings. The van der Waals surface area contributed by atoms with Crippen molar-refractivity contribution in [3.63, 3.8) is 0 Å². The smallest absolute Gasteiger partial charge is 0.0481 e. The predicted octanol–water partition coefficient (Wildman–Crippen LogP) is 4.62. The fourth-order valence-electron chi connectivity index (χ4n) is 2.02. The van der Waals surface area contributed by atoms with Crippen molar-refractivity contribution in [3.05, 3.63) is 18.2 Å². The fraction of sp³-hybridized carbons (Fsp3) is 0.600. The highest BCUT2D eigenvalue weighted by atomic mass is 32.2. The standard InChI is InChI=1S/C15H26N2S/c1-5-8-18-15-10-13(16)6-7-14(15)17-12(4)9-11(2)3/h6-7,10-12,17H,5,8-9,16H2,1-4H3. The van der Waals surface area contributed by atoms with Crippen molar-refractivity contribution in [2.75, 3.05) is 16.8 Å². The van der Waals surface area contributed by atoms with E-state index in [0.717, 1.165) is 11.4 Å². The highest BCUT2D eigenvalue weighted by Gasteiger charge is 2.08. The number of thioether (sulfide) groups is 1. The molecule has 0 spiro atoms. The van der Waals surface area contributed by atoms with Gasteiger partial charge in [-0.2, -0.15) is 0 Å². The predicted molar refractivity (Wildman–Crippen MR) is 84.4 cm³/mol. The van der Waals surface area contributed by atoms with E-state index in [4.69, 9.17) is 5.73 Å². The molecule has 18 heavy (non-hydrogen) atoms. The zero-order valence-corrected chi connectivity index (χ0v) is 12.8. The van der Waals surface area contributed by atoms with E-state index in [2.05, 4.69) is 45.1 Å². The maximum Gasteiger partial charge on any atom is 0.0481 e. The number of hydrogen-bond acceptors (Lipinski definition) is 3. The van der Waals surface area contributed by atoms with Crippen molar-refractivity contribution in [2.24, 2.45) is 5.92 Å². The van der Waals surface area contributed by atoms with Crippen molar-refractivity contribution in [1.29, 1.82) is 0 Å². The topological polar surface area (TPSA) is 38.0 Å². The maximum absolute atomic E-state index is 5.87. The molecule has 1 atom stereocenters. The Bertz CT molecular complexity index is 364. The van der Waals surface area contributed by atoms with Crippen molar-refractivity contribution in [3.8, 4) is 0 Å². The van der Waals surface area contributed by atoms with E-state index in [9.17, 15) is 0 Å². The summed E-state index contributed by atoms with van der Waals surface area (Å²) in [7, 11) is 0. The number of nitrogens with two attached hydrogens (primary N) is 1. The zero-order chi connectivity index (χ0) is 13.5. The van der Waals surface area contributed by atoms with Gasteiger partial charge in [0.25, 0.3) is 0 Å². The van der Waals surface area contributed by atoms with Crippen molar-refractivity contribution < 1.29 is 0 Å². The van der Waals surface area contributed by atoms with Gasteiger partial charge in [-0.15, -0.1) is 11.8 Å². The van der Waals surface area contributed by atoms with Crippen molar-refractivity contribution in [1.82, 2.24) is 0 Å². The first kappa shape index (κ1) is 15.2. The molecule has 0 fully saturated rings. The van der Waals surface area contributed by atoms with Crippen LogP contribution >= 0.6 is 11.8 Å². The molecular weight excluding hydrogens is 240 g/mol. The Morgan fingerprint density at radius 1 is 1.28 bits per heavy atom. The van der Waals surface area contributed by atoms with Crippen LogP contribution in [0.25, 0.3) is 0 Å². The van der Waals surface area contributed by atoms with Gasteiger partial charge in [-0.1, -0.05) is 20.8 Å². The number of rotatable bonds is 7. The molecule has 0 aliphatic carbocycles. The average Bonchev–Trinajstić information content (AvgIpc) is 2.28. The minimum absolute atomic E-state index is 0.495. The Balaban J connectivity index is 2.73. The maximum atomic E-state index is 5.87. The second-order valence-electron chi connectivity index (χ2n) is 5.28. The molecule has 1 rings (SSSR count). The molecule has 0 bridgehead atoms. The molecule has 3 N–H and O–H groups in total. The summed E-state index contributed by atoms with van der Waals surface area (Å²) in [4.78, 5) is 1.27. The molecule has 1 unspecified atom stereocenters. The normalized spacial score (nSPS) is 12.7. The van der Waals surface area contributed by atoms with Gasteiger partial charge in [0.1, 0.15) is 0 Å². The largest absolute Gasteiger partial charge is 0.399 e. The molecule has 0 saturated carbocycles. The summed E-state index contributed by atoms with van der Waals surface area (Å²) in [6, 6.07) is 6.64. The highest BCUT2D eigenvalue weighted by molar-refractivity contribution is 7.99. The van der Waals surface area contributed by atoms with Gasteiger partial charge in [0.15, 0.2) is 0 Å². The SMILES string of the molecule is CCCSc1cc(N)ccc1NC(C)CC(C)C. The van der Waals surface area contributed by atoms with Gasteiger partial charge in [-0.3, -0.25) is 0 Å². The van der Waals surface area contributed by atoms with Crippen molar-refractivity contribution >= 4 is 23.1 Å². The van der Waals surface area contributed by atoms with E-state index >= 15 is 0 Å². The summed E-state index contributed by atoms with van der Waals surface area (Å²) in [5, 5.41) is 3.60. The Kier molecular flexibility index (Phi) is 6.41. The van der Waals surface area contributed by atoms with E-state index in [0.29, 0.717) is 12.0 Å².